The number of esters is 1. The molecule has 5 nitrogen and oxygen atoms in total. The molecule has 5 aliphatic carbocycles. The summed E-state index contributed by atoms with van der Waals surface area (Å²) in [5, 5.41) is 10.3. The van der Waals surface area contributed by atoms with Gasteiger partial charge in [-0.15, -0.1) is 0 Å². The van der Waals surface area contributed by atoms with Gasteiger partial charge in [-0.1, -0.05) is 54.0 Å². The number of rotatable bonds is 5. The molecule has 5 rings (SSSR count). The van der Waals surface area contributed by atoms with Gasteiger partial charge >= 0.3 is 5.97 Å². The number of carbonyl (C=O) groups is 3. The zero-order valence-electron chi connectivity index (χ0n) is 25.7. The van der Waals surface area contributed by atoms with Crippen molar-refractivity contribution in [3.8, 4) is 0 Å². The van der Waals surface area contributed by atoms with E-state index < -0.39 is 11.3 Å². The number of ketones is 1. The Morgan fingerprint density at radius 3 is 2.26 bits per heavy atom. The monoisotopic (exact) mass is 540 g/mol. The number of aliphatic hydroxyl groups is 1. The van der Waals surface area contributed by atoms with Crippen molar-refractivity contribution in [2.45, 2.75) is 119 Å². The van der Waals surface area contributed by atoms with Gasteiger partial charge < -0.3 is 14.6 Å². The highest BCUT2D eigenvalue weighted by atomic mass is 16.5. The van der Waals surface area contributed by atoms with Crippen LogP contribution in [0.5, 0.6) is 0 Å². The molecule has 218 valence electrons. The van der Waals surface area contributed by atoms with E-state index in [9.17, 15) is 19.5 Å². The number of hydrogen-bond acceptors (Lipinski definition) is 5. The van der Waals surface area contributed by atoms with Crippen molar-refractivity contribution in [3.05, 3.63) is 11.1 Å². The number of aliphatic hydroxyl groups excluding tert-OH is 1. The van der Waals surface area contributed by atoms with E-state index >= 15 is 0 Å². The minimum Gasteiger partial charge on any atom is -0.462 e. The number of Topliss-reactive ketones (excluding diaryl/α,β-unsaturated/α-hetero) is 1. The Morgan fingerprint density at radius 2 is 1.67 bits per heavy atom. The molecule has 0 aliphatic heterocycles. The lowest BCUT2D eigenvalue weighted by Crippen LogP contribution is -2.66. The molecular weight excluding hydrogens is 488 g/mol. The number of allylic oxidation sites excluding steroid dienone is 2. The second-order valence-corrected chi connectivity index (χ2v) is 15.7. The standard InChI is InChI=1S/C34H52O5/c1-20(2)28-24(38)17-34(22(18-35)19-36)16-15-32(7)23(29(28)34)9-10-26-31(6)13-12-27(39-21(3)37)30(4,5)25(31)11-14-33(26,32)8/h18,20,22-23,25-27,36H,9-17,19H2,1-8H3. The SMILES string of the molecule is CC(=O)OC1CCC2(C)C(CCC3(C)C2CCC2C4=C(C(C)C)C(=O)CC4(C(C=O)CO)CCC23C)C1(C)C. The van der Waals surface area contributed by atoms with Gasteiger partial charge in [0.1, 0.15) is 12.4 Å². The van der Waals surface area contributed by atoms with Gasteiger partial charge in [-0.2, -0.15) is 0 Å². The zero-order chi connectivity index (χ0) is 28.8. The first-order chi connectivity index (χ1) is 18.1. The predicted molar refractivity (Wildman–Crippen MR) is 152 cm³/mol. The molecule has 0 bridgehead atoms. The minimum absolute atomic E-state index is 0.0262. The van der Waals surface area contributed by atoms with Gasteiger partial charge in [0.25, 0.3) is 0 Å². The molecule has 0 heterocycles. The van der Waals surface area contributed by atoms with Crippen molar-refractivity contribution in [3.63, 3.8) is 0 Å². The molecule has 0 amide bonds. The van der Waals surface area contributed by atoms with E-state index in [0.29, 0.717) is 18.3 Å². The van der Waals surface area contributed by atoms with Gasteiger partial charge in [0.05, 0.1) is 6.61 Å². The van der Waals surface area contributed by atoms with Crippen LogP contribution in [0.4, 0.5) is 0 Å². The van der Waals surface area contributed by atoms with Crippen molar-refractivity contribution in [1.29, 1.82) is 0 Å². The van der Waals surface area contributed by atoms with Crippen LogP contribution in [0.1, 0.15) is 113 Å². The highest BCUT2D eigenvalue weighted by molar-refractivity contribution is 6.01. The van der Waals surface area contributed by atoms with Crippen LogP contribution in [0, 0.1) is 56.7 Å². The third-order valence-electron chi connectivity index (χ3n) is 13.8. The molecule has 0 radical (unpaired) electrons. The Hall–Kier alpha value is -1.49. The third kappa shape index (κ3) is 3.69. The molecule has 4 fully saturated rings. The maximum Gasteiger partial charge on any atom is 0.302 e. The van der Waals surface area contributed by atoms with Gasteiger partial charge in [-0.3, -0.25) is 9.59 Å². The Labute approximate surface area is 235 Å². The molecule has 0 spiro atoms. The summed E-state index contributed by atoms with van der Waals surface area (Å²) in [5.74, 6) is 0.986. The molecule has 5 heteroatoms. The van der Waals surface area contributed by atoms with Crippen LogP contribution in [0.25, 0.3) is 0 Å². The summed E-state index contributed by atoms with van der Waals surface area (Å²) in [6.07, 6.45) is 9.55. The number of fused-ring (bicyclic) bond motifs is 7. The fourth-order valence-electron chi connectivity index (χ4n) is 11.9. The molecule has 4 saturated carbocycles. The number of hydrogen-bond donors (Lipinski definition) is 1. The first-order valence-electron chi connectivity index (χ1n) is 15.6. The second-order valence-electron chi connectivity index (χ2n) is 15.7. The van der Waals surface area contributed by atoms with E-state index in [2.05, 4.69) is 48.5 Å². The molecule has 5 aliphatic rings. The summed E-state index contributed by atoms with van der Waals surface area (Å²) in [4.78, 5) is 37.8. The van der Waals surface area contributed by atoms with Crippen molar-refractivity contribution in [2.75, 3.05) is 6.61 Å². The van der Waals surface area contributed by atoms with E-state index in [-0.39, 0.29) is 58.0 Å². The molecule has 39 heavy (non-hydrogen) atoms. The second kappa shape index (κ2) is 9.26. The third-order valence-corrected chi connectivity index (χ3v) is 13.8. The number of carbonyl (C=O) groups excluding carboxylic acids is 3. The fraction of sp³-hybridized carbons (Fsp3) is 0.853. The van der Waals surface area contributed by atoms with E-state index in [1.165, 1.54) is 12.5 Å². The van der Waals surface area contributed by atoms with Crippen LogP contribution < -0.4 is 0 Å². The van der Waals surface area contributed by atoms with Crippen LogP contribution >= 0.6 is 0 Å². The first kappa shape index (κ1) is 29.0. The lowest BCUT2D eigenvalue weighted by Gasteiger charge is -2.72. The quantitative estimate of drug-likeness (QED) is 0.310. The van der Waals surface area contributed by atoms with Gasteiger partial charge in [0.15, 0.2) is 5.78 Å². The highest BCUT2D eigenvalue weighted by Gasteiger charge is 2.70. The van der Waals surface area contributed by atoms with E-state index in [4.69, 9.17) is 4.74 Å². The smallest absolute Gasteiger partial charge is 0.302 e. The van der Waals surface area contributed by atoms with Crippen LogP contribution in [-0.4, -0.2) is 35.9 Å². The van der Waals surface area contributed by atoms with E-state index in [1.807, 2.05) is 0 Å². The fourth-order valence-corrected chi connectivity index (χ4v) is 11.9. The van der Waals surface area contributed by atoms with Crippen molar-refractivity contribution < 1.29 is 24.2 Å². The van der Waals surface area contributed by atoms with Crippen LogP contribution in [0.2, 0.25) is 0 Å². The van der Waals surface area contributed by atoms with E-state index in [0.717, 1.165) is 63.2 Å². The highest BCUT2D eigenvalue weighted by Crippen LogP contribution is 2.77. The Kier molecular flexibility index (Phi) is 6.89. The largest absolute Gasteiger partial charge is 0.462 e. The molecule has 1 N–H and O–H groups in total. The van der Waals surface area contributed by atoms with Gasteiger partial charge in [-0.25, -0.2) is 0 Å². The summed E-state index contributed by atoms with van der Waals surface area (Å²) in [6, 6.07) is 0. The molecule has 9 atom stereocenters. The molecule has 0 aromatic carbocycles. The lowest BCUT2D eigenvalue weighted by atomic mass is 9.32. The average Bonchev–Trinajstić information content (AvgIpc) is 3.15. The van der Waals surface area contributed by atoms with Gasteiger partial charge in [-0.05, 0) is 96.9 Å². The van der Waals surface area contributed by atoms with Gasteiger partial charge in [0.2, 0.25) is 0 Å². The predicted octanol–water partition coefficient (Wildman–Crippen LogP) is 6.71. The topological polar surface area (TPSA) is 80.7 Å². The van der Waals surface area contributed by atoms with Crippen molar-refractivity contribution >= 4 is 18.0 Å². The summed E-state index contributed by atoms with van der Waals surface area (Å²) < 4.78 is 5.89. The average molecular weight is 541 g/mol. The summed E-state index contributed by atoms with van der Waals surface area (Å²) >= 11 is 0. The lowest BCUT2D eigenvalue weighted by molar-refractivity contribution is -0.233. The first-order valence-corrected chi connectivity index (χ1v) is 15.6. The maximum absolute atomic E-state index is 13.6. The zero-order valence-corrected chi connectivity index (χ0v) is 25.7. The number of ether oxygens (including phenoxy) is 1. The molecular formula is C34H52O5. The van der Waals surface area contributed by atoms with Crippen LogP contribution in [-0.2, 0) is 19.1 Å². The summed E-state index contributed by atoms with van der Waals surface area (Å²) in [6.45, 7) is 17.8. The Bertz CT molecular complexity index is 1090. The molecule has 9 unspecified atom stereocenters. The Morgan fingerprint density at radius 1 is 0.974 bits per heavy atom. The molecule has 0 aromatic heterocycles. The van der Waals surface area contributed by atoms with E-state index in [1.54, 1.807) is 0 Å². The van der Waals surface area contributed by atoms with Crippen LogP contribution in [0.3, 0.4) is 0 Å². The number of aldehydes is 1. The van der Waals surface area contributed by atoms with Crippen LogP contribution in [0.15, 0.2) is 11.1 Å². The normalized spacial score (nSPS) is 45.6. The van der Waals surface area contributed by atoms with Gasteiger partial charge in [0, 0.05) is 30.1 Å². The molecule has 0 saturated heterocycles. The molecule has 0 aromatic rings. The minimum atomic E-state index is -0.508. The summed E-state index contributed by atoms with van der Waals surface area (Å²) in [5.41, 5.74) is 1.98. The van der Waals surface area contributed by atoms with Crippen molar-refractivity contribution in [2.24, 2.45) is 56.7 Å². The summed E-state index contributed by atoms with van der Waals surface area (Å²) in [7, 11) is 0. The van der Waals surface area contributed by atoms with Crippen molar-refractivity contribution in [1.82, 2.24) is 0 Å². The maximum atomic E-state index is 13.6. The Balaban J connectivity index is 1.58.